The summed E-state index contributed by atoms with van der Waals surface area (Å²) < 4.78 is 4.90. The van der Waals surface area contributed by atoms with E-state index < -0.39 is 11.8 Å². The van der Waals surface area contributed by atoms with Crippen molar-refractivity contribution in [3.05, 3.63) is 35.9 Å². The third-order valence-corrected chi connectivity index (χ3v) is 2.04. The van der Waals surface area contributed by atoms with Gasteiger partial charge >= 0.3 is 5.97 Å². The maximum absolute atomic E-state index is 11.4. The molecule has 0 aliphatic carbocycles. The van der Waals surface area contributed by atoms with Crippen LogP contribution in [-0.4, -0.2) is 17.0 Å². The number of esters is 1. The number of ether oxygens (including phenoxy) is 1. The standard InChI is InChI=1S/C12H16O4/c1-12(2,16-14)15-11(13)9-8-10-6-4-3-5-7-10/h3-7,14H,8-9H2,1-2H3. The Morgan fingerprint density at radius 2 is 1.94 bits per heavy atom. The Labute approximate surface area is 94.7 Å². The molecule has 4 heteroatoms. The number of aryl methyl sites for hydroxylation is 1. The maximum Gasteiger partial charge on any atom is 0.308 e. The van der Waals surface area contributed by atoms with Crippen molar-refractivity contribution in [3.8, 4) is 0 Å². The van der Waals surface area contributed by atoms with E-state index >= 15 is 0 Å². The van der Waals surface area contributed by atoms with Crippen LogP contribution in [0.1, 0.15) is 25.8 Å². The normalized spacial score (nSPS) is 11.2. The Morgan fingerprint density at radius 3 is 2.50 bits per heavy atom. The van der Waals surface area contributed by atoms with Gasteiger partial charge in [-0.3, -0.25) is 4.79 Å². The number of hydrogen-bond acceptors (Lipinski definition) is 4. The predicted molar refractivity (Wildman–Crippen MR) is 58.6 cm³/mol. The van der Waals surface area contributed by atoms with E-state index in [2.05, 4.69) is 4.89 Å². The van der Waals surface area contributed by atoms with E-state index in [1.807, 2.05) is 30.3 Å². The molecule has 0 radical (unpaired) electrons. The molecule has 0 saturated heterocycles. The van der Waals surface area contributed by atoms with E-state index in [0.29, 0.717) is 6.42 Å². The molecule has 0 aliphatic rings. The lowest BCUT2D eigenvalue weighted by Crippen LogP contribution is -2.30. The quantitative estimate of drug-likeness (QED) is 0.361. The molecule has 1 aromatic carbocycles. The first-order valence-electron chi connectivity index (χ1n) is 5.12. The first-order chi connectivity index (χ1) is 7.53. The zero-order chi connectivity index (χ0) is 12.0. The molecule has 0 aliphatic heterocycles. The average molecular weight is 224 g/mol. The summed E-state index contributed by atoms with van der Waals surface area (Å²) in [6.07, 6.45) is 0.873. The van der Waals surface area contributed by atoms with E-state index in [4.69, 9.17) is 9.99 Å². The molecule has 88 valence electrons. The third kappa shape index (κ3) is 4.42. The molecule has 16 heavy (non-hydrogen) atoms. The van der Waals surface area contributed by atoms with Crippen molar-refractivity contribution in [3.63, 3.8) is 0 Å². The van der Waals surface area contributed by atoms with Crippen molar-refractivity contribution < 1.29 is 19.7 Å². The summed E-state index contributed by atoms with van der Waals surface area (Å²) in [5.41, 5.74) is 1.07. The van der Waals surface area contributed by atoms with E-state index in [-0.39, 0.29) is 6.42 Å². The fraction of sp³-hybridized carbons (Fsp3) is 0.417. The number of benzene rings is 1. The largest absolute Gasteiger partial charge is 0.431 e. The topological polar surface area (TPSA) is 55.8 Å². The number of hydrogen-bond donors (Lipinski definition) is 1. The minimum atomic E-state index is -1.28. The van der Waals surface area contributed by atoms with Crippen LogP contribution in [0.4, 0.5) is 0 Å². The van der Waals surface area contributed by atoms with Crippen LogP contribution in [0.3, 0.4) is 0 Å². The monoisotopic (exact) mass is 224 g/mol. The summed E-state index contributed by atoms with van der Waals surface area (Å²) in [5, 5.41) is 8.45. The molecule has 0 atom stereocenters. The lowest BCUT2D eigenvalue weighted by atomic mass is 10.1. The highest BCUT2D eigenvalue weighted by Crippen LogP contribution is 2.11. The van der Waals surface area contributed by atoms with Gasteiger partial charge in [-0.05, 0) is 12.0 Å². The van der Waals surface area contributed by atoms with E-state index in [0.717, 1.165) is 5.56 Å². The van der Waals surface area contributed by atoms with Gasteiger partial charge in [0.1, 0.15) is 0 Å². The Balaban J connectivity index is 2.36. The van der Waals surface area contributed by atoms with Crippen LogP contribution in [0.5, 0.6) is 0 Å². The third-order valence-electron chi connectivity index (χ3n) is 2.04. The fourth-order valence-electron chi connectivity index (χ4n) is 1.23. The van der Waals surface area contributed by atoms with Gasteiger partial charge in [0.05, 0.1) is 0 Å². The highest BCUT2D eigenvalue weighted by Gasteiger charge is 2.23. The van der Waals surface area contributed by atoms with Crippen LogP contribution >= 0.6 is 0 Å². The fourth-order valence-corrected chi connectivity index (χ4v) is 1.23. The molecule has 1 rings (SSSR count). The Kier molecular flexibility index (Phi) is 4.46. The van der Waals surface area contributed by atoms with E-state index in [1.165, 1.54) is 13.8 Å². The lowest BCUT2D eigenvalue weighted by Gasteiger charge is -2.20. The summed E-state index contributed by atoms with van der Waals surface area (Å²) in [5.74, 6) is -1.68. The first kappa shape index (κ1) is 12.7. The molecule has 0 saturated carbocycles. The van der Waals surface area contributed by atoms with Crippen molar-refractivity contribution in [1.29, 1.82) is 0 Å². The second-order valence-electron chi connectivity index (χ2n) is 3.95. The Hall–Kier alpha value is -1.39. The molecular weight excluding hydrogens is 208 g/mol. The molecule has 0 aromatic heterocycles. The molecule has 1 N–H and O–H groups in total. The molecule has 0 heterocycles. The van der Waals surface area contributed by atoms with Gasteiger partial charge in [-0.15, -0.1) is 0 Å². The van der Waals surface area contributed by atoms with Gasteiger partial charge < -0.3 is 4.74 Å². The average Bonchev–Trinajstić information content (AvgIpc) is 2.27. The minimum absolute atomic E-state index is 0.261. The van der Waals surface area contributed by atoms with Crippen LogP contribution in [0, 0.1) is 0 Å². The predicted octanol–water partition coefficient (Wildman–Crippen LogP) is 2.39. The first-order valence-corrected chi connectivity index (χ1v) is 5.12. The van der Waals surface area contributed by atoms with Gasteiger partial charge in [0.25, 0.3) is 0 Å². The van der Waals surface area contributed by atoms with Crippen LogP contribution in [0.2, 0.25) is 0 Å². The Morgan fingerprint density at radius 1 is 1.31 bits per heavy atom. The van der Waals surface area contributed by atoms with Crippen molar-refractivity contribution >= 4 is 5.97 Å². The Bertz CT molecular complexity index is 332. The van der Waals surface area contributed by atoms with Crippen molar-refractivity contribution in [2.45, 2.75) is 32.5 Å². The summed E-state index contributed by atoms with van der Waals surface area (Å²) in [6.45, 7) is 2.93. The smallest absolute Gasteiger partial charge is 0.308 e. The summed E-state index contributed by atoms with van der Waals surface area (Å²) in [7, 11) is 0. The molecule has 0 spiro atoms. The summed E-state index contributed by atoms with van der Waals surface area (Å²) in [6, 6.07) is 9.65. The molecule has 0 bridgehead atoms. The number of carbonyl (C=O) groups is 1. The van der Waals surface area contributed by atoms with Crippen LogP contribution in [0.15, 0.2) is 30.3 Å². The number of rotatable bonds is 5. The highest BCUT2D eigenvalue weighted by atomic mass is 17.1. The second kappa shape index (κ2) is 5.63. The zero-order valence-corrected chi connectivity index (χ0v) is 9.47. The molecule has 4 nitrogen and oxygen atoms in total. The molecular formula is C12H16O4. The minimum Gasteiger partial charge on any atom is -0.431 e. The molecule has 1 aromatic rings. The lowest BCUT2D eigenvalue weighted by molar-refractivity contribution is -0.379. The van der Waals surface area contributed by atoms with Crippen molar-refractivity contribution in [2.24, 2.45) is 0 Å². The maximum atomic E-state index is 11.4. The zero-order valence-electron chi connectivity index (χ0n) is 9.47. The van der Waals surface area contributed by atoms with Gasteiger partial charge in [-0.25, -0.2) is 5.26 Å². The molecule has 0 unspecified atom stereocenters. The summed E-state index contributed by atoms with van der Waals surface area (Å²) >= 11 is 0. The number of carbonyl (C=O) groups excluding carboxylic acids is 1. The van der Waals surface area contributed by atoms with Gasteiger partial charge in [0.2, 0.25) is 5.79 Å². The molecule has 0 amide bonds. The van der Waals surface area contributed by atoms with Crippen molar-refractivity contribution in [2.75, 3.05) is 0 Å². The van der Waals surface area contributed by atoms with Crippen molar-refractivity contribution in [1.82, 2.24) is 0 Å². The van der Waals surface area contributed by atoms with Gasteiger partial charge in [0.15, 0.2) is 0 Å². The second-order valence-corrected chi connectivity index (χ2v) is 3.95. The van der Waals surface area contributed by atoms with E-state index in [1.54, 1.807) is 0 Å². The highest BCUT2D eigenvalue weighted by molar-refractivity contribution is 5.70. The van der Waals surface area contributed by atoms with Gasteiger partial charge in [0, 0.05) is 20.3 Å². The molecule has 0 fully saturated rings. The van der Waals surface area contributed by atoms with Crippen LogP contribution in [-0.2, 0) is 20.8 Å². The van der Waals surface area contributed by atoms with Gasteiger partial charge in [-0.1, -0.05) is 30.3 Å². The van der Waals surface area contributed by atoms with Gasteiger partial charge in [-0.2, -0.15) is 4.89 Å². The van der Waals surface area contributed by atoms with Crippen LogP contribution < -0.4 is 0 Å². The SMILES string of the molecule is CC(C)(OO)OC(=O)CCc1ccccc1. The van der Waals surface area contributed by atoms with E-state index in [9.17, 15) is 4.79 Å². The summed E-state index contributed by atoms with van der Waals surface area (Å²) in [4.78, 5) is 15.4. The van der Waals surface area contributed by atoms with Crippen LogP contribution in [0.25, 0.3) is 0 Å².